The molecule has 1 aliphatic rings. The summed E-state index contributed by atoms with van der Waals surface area (Å²) in [7, 11) is 0. The molecule has 0 saturated carbocycles. The van der Waals surface area contributed by atoms with Crippen LogP contribution in [-0.4, -0.2) is 45.6 Å². The summed E-state index contributed by atoms with van der Waals surface area (Å²) in [6, 6.07) is 8.80. The van der Waals surface area contributed by atoms with Gasteiger partial charge in [-0.1, -0.05) is 25.1 Å². The van der Waals surface area contributed by atoms with Gasteiger partial charge < -0.3 is 30.1 Å². The summed E-state index contributed by atoms with van der Waals surface area (Å²) in [5, 5.41) is 31.9. The average molecular weight is 469 g/mol. The second-order valence-electron chi connectivity index (χ2n) is 7.57. The highest BCUT2D eigenvalue weighted by atomic mass is 19.4. The van der Waals surface area contributed by atoms with Crippen molar-refractivity contribution in [3.05, 3.63) is 59.2 Å². The van der Waals surface area contributed by atoms with Crippen molar-refractivity contribution in [1.29, 1.82) is 0 Å². The van der Waals surface area contributed by atoms with E-state index in [1.54, 1.807) is 6.07 Å². The van der Waals surface area contributed by atoms with Crippen molar-refractivity contribution in [3.8, 4) is 11.5 Å². The van der Waals surface area contributed by atoms with Crippen LogP contribution in [0.1, 0.15) is 36.1 Å². The zero-order valence-corrected chi connectivity index (χ0v) is 17.4. The van der Waals surface area contributed by atoms with Crippen molar-refractivity contribution in [2.45, 2.75) is 43.9 Å². The minimum absolute atomic E-state index is 0.00546. The first-order valence-corrected chi connectivity index (χ1v) is 10.0. The Labute approximate surface area is 186 Å². The number of benzene rings is 2. The molecular formula is C22H22F3NO7. The lowest BCUT2D eigenvalue weighted by Crippen LogP contribution is -2.54. The summed E-state index contributed by atoms with van der Waals surface area (Å²) < 4.78 is 48.8. The highest BCUT2D eigenvalue weighted by molar-refractivity contribution is 6.01. The molecule has 0 radical (unpaired) electrons. The molecule has 0 spiro atoms. The molecule has 2 aromatic carbocycles. The number of aliphatic hydroxyl groups excluding tert-OH is 1. The lowest BCUT2D eigenvalue weighted by Gasteiger charge is -2.20. The number of hydrogen-bond acceptors (Lipinski definition) is 6. The fourth-order valence-corrected chi connectivity index (χ4v) is 3.40. The van der Waals surface area contributed by atoms with Crippen LogP contribution in [0.15, 0.2) is 42.5 Å². The molecule has 0 fully saturated rings. The maximum atomic E-state index is 12.9. The van der Waals surface area contributed by atoms with E-state index in [9.17, 15) is 38.1 Å². The van der Waals surface area contributed by atoms with E-state index in [1.165, 1.54) is 24.3 Å². The number of ether oxygens (including phenoxy) is 2. The van der Waals surface area contributed by atoms with Crippen molar-refractivity contribution < 1.29 is 47.6 Å². The number of carboxylic acid groups (broad SMARTS) is 2. The summed E-state index contributed by atoms with van der Waals surface area (Å²) >= 11 is 0. The Bertz CT molecular complexity index is 1030. The maximum absolute atomic E-state index is 12.9. The molecule has 8 nitrogen and oxygen atoms in total. The van der Waals surface area contributed by atoms with Gasteiger partial charge in [0, 0.05) is 12.6 Å². The number of halogens is 3. The molecule has 178 valence electrons. The first-order valence-electron chi connectivity index (χ1n) is 10.0. The van der Waals surface area contributed by atoms with Gasteiger partial charge in [-0.15, -0.1) is 0 Å². The Morgan fingerprint density at radius 3 is 2.33 bits per heavy atom. The summed E-state index contributed by atoms with van der Waals surface area (Å²) in [5.74, 6) is -6.51. The smallest absolute Gasteiger partial charge is 0.453 e. The van der Waals surface area contributed by atoms with Crippen LogP contribution in [0.25, 0.3) is 0 Å². The Kier molecular flexibility index (Phi) is 6.84. The van der Waals surface area contributed by atoms with Gasteiger partial charge in [-0.25, -0.2) is 9.59 Å². The lowest BCUT2D eigenvalue weighted by atomic mass is 10.0. The van der Waals surface area contributed by atoms with Crippen LogP contribution >= 0.6 is 0 Å². The van der Waals surface area contributed by atoms with Crippen LogP contribution < -0.4 is 14.8 Å². The number of carbonyl (C=O) groups is 2. The average Bonchev–Trinajstić information content (AvgIpc) is 3.16. The standard InChI is InChI=1S/C22H22F3NO7/c1-2-15(26-11-16(27)13-4-3-5-14(10-13)22(23,24)25)8-12-6-7-17-18(9-12)33-21(32-17,19(28)29)20(30)31/h3-7,9-10,15-16,26-27H,2,8,11H2,1H3,(H,28,29)(H,30,31). The highest BCUT2D eigenvalue weighted by Crippen LogP contribution is 2.40. The van der Waals surface area contributed by atoms with Crippen LogP contribution in [0.5, 0.6) is 11.5 Å². The van der Waals surface area contributed by atoms with Gasteiger partial charge in [0.15, 0.2) is 11.5 Å². The summed E-state index contributed by atoms with van der Waals surface area (Å²) in [6.45, 7) is 1.88. The third kappa shape index (κ3) is 5.20. The van der Waals surface area contributed by atoms with Crippen LogP contribution in [0.2, 0.25) is 0 Å². The van der Waals surface area contributed by atoms with Crippen molar-refractivity contribution >= 4 is 11.9 Å². The van der Waals surface area contributed by atoms with E-state index in [-0.39, 0.29) is 29.6 Å². The number of hydrogen-bond donors (Lipinski definition) is 4. The first kappa shape index (κ1) is 24.3. The van der Waals surface area contributed by atoms with Crippen LogP contribution in [0.4, 0.5) is 13.2 Å². The molecule has 2 unspecified atom stereocenters. The molecule has 0 aromatic heterocycles. The predicted octanol–water partition coefficient (Wildman–Crippen LogP) is 2.99. The number of rotatable bonds is 9. The fourth-order valence-electron chi connectivity index (χ4n) is 3.40. The van der Waals surface area contributed by atoms with Gasteiger partial charge >= 0.3 is 23.9 Å². The predicted molar refractivity (Wildman–Crippen MR) is 108 cm³/mol. The van der Waals surface area contributed by atoms with E-state index >= 15 is 0 Å². The number of aliphatic carboxylic acids is 2. The summed E-state index contributed by atoms with van der Waals surface area (Å²) in [5.41, 5.74) is -0.0315. The molecule has 0 bridgehead atoms. The minimum Gasteiger partial charge on any atom is -0.475 e. The largest absolute Gasteiger partial charge is 0.475 e. The molecule has 11 heteroatoms. The molecule has 0 saturated heterocycles. The van der Waals surface area contributed by atoms with E-state index in [4.69, 9.17) is 9.47 Å². The Morgan fingerprint density at radius 1 is 1.06 bits per heavy atom. The number of carboxylic acids is 2. The Hall–Kier alpha value is -3.31. The van der Waals surface area contributed by atoms with Gasteiger partial charge in [0.05, 0.1) is 11.7 Å². The second-order valence-corrected chi connectivity index (χ2v) is 7.57. The van der Waals surface area contributed by atoms with Crippen LogP contribution in [-0.2, 0) is 22.2 Å². The molecule has 0 amide bonds. The van der Waals surface area contributed by atoms with E-state index in [0.29, 0.717) is 18.4 Å². The van der Waals surface area contributed by atoms with Crippen LogP contribution in [0.3, 0.4) is 0 Å². The molecular weight excluding hydrogens is 447 g/mol. The zero-order valence-electron chi connectivity index (χ0n) is 17.4. The second kappa shape index (κ2) is 9.28. The zero-order chi connectivity index (χ0) is 24.4. The third-order valence-corrected chi connectivity index (χ3v) is 5.25. The molecule has 1 aliphatic heterocycles. The van der Waals surface area contributed by atoms with Gasteiger partial charge in [0.1, 0.15) is 0 Å². The third-order valence-electron chi connectivity index (χ3n) is 5.25. The van der Waals surface area contributed by atoms with Crippen molar-refractivity contribution in [1.82, 2.24) is 5.32 Å². The van der Waals surface area contributed by atoms with Gasteiger partial charge in [-0.05, 0) is 48.2 Å². The van der Waals surface area contributed by atoms with Crippen molar-refractivity contribution in [2.24, 2.45) is 0 Å². The van der Waals surface area contributed by atoms with Gasteiger partial charge in [-0.2, -0.15) is 13.2 Å². The topological polar surface area (TPSA) is 125 Å². The van der Waals surface area contributed by atoms with E-state index in [2.05, 4.69) is 5.32 Å². The number of aliphatic hydroxyl groups is 1. The number of nitrogens with one attached hydrogen (secondary N) is 1. The molecule has 2 atom stereocenters. The summed E-state index contributed by atoms with van der Waals surface area (Å²) in [4.78, 5) is 22.7. The Balaban J connectivity index is 1.65. The van der Waals surface area contributed by atoms with E-state index < -0.39 is 35.6 Å². The molecule has 4 N–H and O–H groups in total. The molecule has 3 rings (SSSR count). The molecule has 0 aliphatic carbocycles. The monoisotopic (exact) mass is 469 g/mol. The van der Waals surface area contributed by atoms with Crippen molar-refractivity contribution in [2.75, 3.05) is 6.54 Å². The number of alkyl halides is 3. The fraction of sp³-hybridized carbons (Fsp3) is 0.364. The minimum atomic E-state index is -4.51. The number of fused-ring (bicyclic) bond motifs is 1. The molecule has 2 aromatic rings. The van der Waals surface area contributed by atoms with Gasteiger partial charge in [-0.3, -0.25) is 0 Å². The van der Waals surface area contributed by atoms with Gasteiger partial charge in [0.25, 0.3) is 0 Å². The van der Waals surface area contributed by atoms with Crippen LogP contribution in [0, 0.1) is 0 Å². The lowest BCUT2D eigenvalue weighted by molar-refractivity contribution is -0.194. The highest BCUT2D eigenvalue weighted by Gasteiger charge is 2.57. The van der Waals surface area contributed by atoms with Gasteiger partial charge in [0.2, 0.25) is 0 Å². The summed E-state index contributed by atoms with van der Waals surface area (Å²) in [6.07, 6.45) is -4.66. The molecule has 1 heterocycles. The SMILES string of the molecule is CCC(Cc1ccc2c(c1)OC(C(=O)O)(C(=O)O)O2)NCC(O)c1cccc(C(F)(F)F)c1. The van der Waals surface area contributed by atoms with Crippen molar-refractivity contribution in [3.63, 3.8) is 0 Å². The van der Waals surface area contributed by atoms with E-state index in [1.807, 2.05) is 6.92 Å². The maximum Gasteiger partial charge on any atom is 0.453 e. The van der Waals surface area contributed by atoms with E-state index in [0.717, 1.165) is 12.1 Å². The normalized spacial score (nSPS) is 16.3. The first-order chi connectivity index (χ1) is 15.5. The Morgan fingerprint density at radius 2 is 1.73 bits per heavy atom. The molecule has 33 heavy (non-hydrogen) atoms. The quantitative estimate of drug-likeness (QED) is 0.413.